The first-order valence-corrected chi connectivity index (χ1v) is 5.45. The summed E-state index contributed by atoms with van der Waals surface area (Å²) in [6.45, 7) is 2.37. The van der Waals surface area contributed by atoms with E-state index in [9.17, 15) is 4.79 Å². The number of pyridine rings is 1. The Labute approximate surface area is 99.4 Å². The quantitative estimate of drug-likeness (QED) is 0.836. The first-order valence-electron chi connectivity index (χ1n) is 5.45. The third-order valence-corrected chi connectivity index (χ3v) is 2.89. The summed E-state index contributed by atoms with van der Waals surface area (Å²) in [6.07, 6.45) is 4.54. The Balaban J connectivity index is 2.16. The highest BCUT2D eigenvalue weighted by Crippen LogP contribution is 2.27. The van der Waals surface area contributed by atoms with E-state index in [0.29, 0.717) is 24.3 Å². The first kappa shape index (κ1) is 11.6. The highest BCUT2D eigenvalue weighted by molar-refractivity contribution is 5.98. The molecule has 1 aliphatic rings. The number of carbonyl (C=O) groups is 1. The number of aromatic nitrogens is 1. The number of hydrogen-bond acceptors (Lipinski definition) is 4. The van der Waals surface area contributed by atoms with Crippen LogP contribution < -0.4 is 5.32 Å². The van der Waals surface area contributed by atoms with Crippen molar-refractivity contribution in [1.29, 1.82) is 5.26 Å². The third-order valence-electron chi connectivity index (χ3n) is 2.89. The fourth-order valence-corrected chi connectivity index (χ4v) is 1.81. The summed E-state index contributed by atoms with van der Waals surface area (Å²) >= 11 is 0. The molecule has 0 aromatic carbocycles. The number of rotatable bonds is 2. The summed E-state index contributed by atoms with van der Waals surface area (Å²) in [6, 6.07) is 3.59. The van der Waals surface area contributed by atoms with Crippen LogP contribution in [0, 0.1) is 11.3 Å². The number of carbonyl (C=O) groups excluding carboxylic acids is 1. The van der Waals surface area contributed by atoms with Gasteiger partial charge in [-0.2, -0.15) is 5.26 Å². The summed E-state index contributed by atoms with van der Waals surface area (Å²) in [7, 11) is 0. The lowest BCUT2D eigenvalue weighted by Crippen LogP contribution is -2.39. The SMILES string of the molecule is CC1(C(=O)Nc2ccncc2C#N)CCCO1. The molecule has 1 unspecified atom stereocenters. The topological polar surface area (TPSA) is 75.0 Å². The highest BCUT2D eigenvalue weighted by Gasteiger charge is 2.37. The first-order chi connectivity index (χ1) is 8.15. The van der Waals surface area contributed by atoms with Crippen molar-refractivity contribution in [3.05, 3.63) is 24.0 Å². The van der Waals surface area contributed by atoms with Gasteiger partial charge in [0, 0.05) is 19.0 Å². The Kier molecular flexibility index (Phi) is 3.07. The van der Waals surface area contributed by atoms with Crippen molar-refractivity contribution < 1.29 is 9.53 Å². The van der Waals surface area contributed by atoms with Gasteiger partial charge in [0.2, 0.25) is 0 Å². The monoisotopic (exact) mass is 231 g/mol. The molecule has 1 amide bonds. The van der Waals surface area contributed by atoms with Gasteiger partial charge in [0.25, 0.3) is 5.91 Å². The van der Waals surface area contributed by atoms with E-state index >= 15 is 0 Å². The van der Waals surface area contributed by atoms with E-state index in [0.717, 1.165) is 6.42 Å². The Morgan fingerprint density at radius 3 is 3.18 bits per heavy atom. The second-order valence-electron chi connectivity index (χ2n) is 4.17. The average molecular weight is 231 g/mol. The van der Waals surface area contributed by atoms with Crippen molar-refractivity contribution in [2.24, 2.45) is 0 Å². The van der Waals surface area contributed by atoms with Gasteiger partial charge < -0.3 is 10.1 Å². The second-order valence-corrected chi connectivity index (χ2v) is 4.17. The van der Waals surface area contributed by atoms with Gasteiger partial charge in [-0.15, -0.1) is 0 Å². The van der Waals surface area contributed by atoms with Crippen LogP contribution in [0.4, 0.5) is 5.69 Å². The molecule has 2 heterocycles. The zero-order valence-corrected chi connectivity index (χ0v) is 9.56. The van der Waals surface area contributed by atoms with Crippen LogP contribution >= 0.6 is 0 Å². The van der Waals surface area contributed by atoms with Crippen molar-refractivity contribution in [3.8, 4) is 6.07 Å². The minimum Gasteiger partial charge on any atom is -0.365 e. The van der Waals surface area contributed by atoms with Crippen LogP contribution in [-0.4, -0.2) is 23.1 Å². The predicted octanol–water partition coefficient (Wildman–Crippen LogP) is 1.46. The van der Waals surface area contributed by atoms with Crippen molar-refractivity contribution in [1.82, 2.24) is 4.98 Å². The van der Waals surface area contributed by atoms with Crippen molar-refractivity contribution >= 4 is 11.6 Å². The van der Waals surface area contributed by atoms with Gasteiger partial charge in [-0.25, -0.2) is 0 Å². The van der Waals surface area contributed by atoms with Crippen molar-refractivity contribution in [2.75, 3.05) is 11.9 Å². The van der Waals surface area contributed by atoms with Crippen LogP contribution in [-0.2, 0) is 9.53 Å². The molecule has 0 bridgehead atoms. The maximum atomic E-state index is 12.0. The van der Waals surface area contributed by atoms with E-state index in [2.05, 4.69) is 10.3 Å². The summed E-state index contributed by atoms with van der Waals surface area (Å²) in [4.78, 5) is 15.9. The molecule has 0 aliphatic carbocycles. The molecular formula is C12H13N3O2. The molecule has 1 aliphatic heterocycles. The number of hydrogen-bond donors (Lipinski definition) is 1. The standard InChI is InChI=1S/C12H13N3O2/c1-12(4-2-6-17-12)11(16)15-10-3-5-14-8-9(10)7-13/h3,5,8H,2,4,6H2,1H3,(H,14,15,16). The van der Waals surface area contributed by atoms with Crippen LogP contribution in [0.2, 0.25) is 0 Å². The molecule has 88 valence electrons. The molecular weight excluding hydrogens is 218 g/mol. The van der Waals surface area contributed by atoms with Crippen LogP contribution in [0.1, 0.15) is 25.3 Å². The van der Waals surface area contributed by atoms with E-state index in [1.165, 1.54) is 12.4 Å². The fourth-order valence-electron chi connectivity index (χ4n) is 1.81. The third kappa shape index (κ3) is 2.27. The number of nitrogens with zero attached hydrogens (tertiary/aromatic N) is 2. The lowest BCUT2D eigenvalue weighted by Gasteiger charge is -2.22. The Bertz CT molecular complexity index is 473. The molecule has 0 saturated carbocycles. The van der Waals surface area contributed by atoms with E-state index in [4.69, 9.17) is 10.00 Å². The fraction of sp³-hybridized carbons (Fsp3) is 0.417. The Hall–Kier alpha value is -1.93. The van der Waals surface area contributed by atoms with Gasteiger partial charge >= 0.3 is 0 Å². The number of anilines is 1. The van der Waals surface area contributed by atoms with Crippen LogP contribution in [0.15, 0.2) is 18.5 Å². The molecule has 5 heteroatoms. The van der Waals surface area contributed by atoms with Gasteiger partial charge in [0.05, 0.1) is 11.3 Å². The maximum Gasteiger partial charge on any atom is 0.256 e. The molecule has 0 spiro atoms. The van der Waals surface area contributed by atoms with Gasteiger partial charge in [0.1, 0.15) is 11.7 Å². The van der Waals surface area contributed by atoms with Gasteiger partial charge in [0.15, 0.2) is 0 Å². The average Bonchev–Trinajstić information content (AvgIpc) is 2.78. The largest absolute Gasteiger partial charge is 0.365 e. The van der Waals surface area contributed by atoms with E-state index in [-0.39, 0.29) is 5.91 Å². The zero-order valence-electron chi connectivity index (χ0n) is 9.56. The zero-order chi connectivity index (χ0) is 12.3. The molecule has 0 radical (unpaired) electrons. The van der Waals surface area contributed by atoms with E-state index in [1.807, 2.05) is 6.07 Å². The smallest absolute Gasteiger partial charge is 0.256 e. The molecule has 5 nitrogen and oxygen atoms in total. The highest BCUT2D eigenvalue weighted by atomic mass is 16.5. The van der Waals surface area contributed by atoms with E-state index in [1.54, 1.807) is 13.0 Å². The molecule has 2 rings (SSSR count). The minimum absolute atomic E-state index is 0.210. The second kappa shape index (κ2) is 4.52. The number of ether oxygens (including phenoxy) is 1. The van der Waals surface area contributed by atoms with Crippen molar-refractivity contribution in [3.63, 3.8) is 0 Å². The van der Waals surface area contributed by atoms with Gasteiger partial charge in [-0.1, -0.05) is 0 Å². The van der Waals surface area contributed by atoms with Gasteiger partial charge in [-0.3, -0.25) is 9.78 Å². The Morgan fingerprint density at radius 1 is 1.71 bits per heavy atom. The molecule has 1 atom stereocenters. The molecule has 1 aromatic rings. The molecule has 1 fully saturated rings. The van der Waals surface area contributed by atoms with Crippen molar-refractivity contribution in [2.45, 2.75) is 25.4 Å². The van der Waals surface area contributed by atoms with E-state index < -0.39 is 5.60 Å². The summed E-state index contributed by atoms with van der Waals surface area (Å²) in [5.41, 5.74) is 0.0439. The molecule has 1 aromatic heterocycles. The van der Waals surface area contributed by atoms with Crippen LogP contribution in [0.5, 0.6) is 0 Å². The number of nitriles is 1. The molecule has 17 heavy (non-hydrogen) atoms. The summed E-state index contributed by atoms with van der Waals surface area (Å²) < 4.78 is 5.44. The normalized spacial score (nSPS) is 23.1. The minimum atomic E-state index is -0.782. The Morgan fingerprint density at radius 2 is 2.53 bits per heavy atom. The molecule has 1 saturated heterocycles. The van der Waals surface area contributed by atoms with Crippen LogP contribution in [0.25, 0.3) is 0 Å². The lowest BCUT2D eigenvalue weighted by molar-refractivity contribution is -0.133. The number of amides is 1. The summed E-state index contributed by atoms with van der Waals surface area (Å²) in [5, 5.41) is 11.6. The number of nitrogens with one attached hydrogen (secondary N) is 1. The van der Waals surface area contributed by atoms with Gasteiger partial charge in [-0.05, 0) is 25.8 Å². The predicted molar refractivity (Wildman–Crippen MR) is 61.2 cm³/mol. The van der Waals surface area contributed by atoms with Crippen LogP contribution in [0.3, 0.4) is 0 Å². The molecule has 1 N–H and O–H groups in total. The summed E-state index contributed by atoms with van der Waals surface area (Å²) in [5.74, 6) is -0.210. The lowest BCUT2D eigenvalue weighted by atomic mass is 10.0. The maximum absolute atomic E-state index is 12.0.